The average molecular weight is 274 g/mol. The van der Waals surface area contributed by atoms with Crippen LogP contribution in [0.2, 0.25) is 0 Å². The molecule has 0 aromatic carbocycles. The van der Waals surface area contributed by atoms with E-state index in [1.54, 1.807) is 0 Å². The van der Waals surface area contributed by atoms with Gasteiger partial charge in [0, 0.05) is 0 Å². The highest BCUT2D eigenvalue weighted by atomic mass is 32.2. The largest absolute Gasteiger partial charge is 0.477 e. The summed E-state index contributed by atoms with van der Waals surface area (Å²) in [5.41, 5.74) is 0. The maximum atomic E-state index is 10.8. The third-order valence-corrected chi connectivity index (χ3v) is 3.59. The number of aliphatic carboxylic acids is 1. The van der Waals surface area contributed by atoms with Gasteiger partial charge in [0.2, 0.25) is 0 Å². The molecule has 0 aromatic heterocycles. The molecule has 0 amide bonds. The van der Waals surface area contributed by atoms with Crippen LogP contribution in [-0.4, -0.2) is 37.0 Å². The van der Waals surface area contributed by atoms with Crippen LogP contribution in [0.3, 0.4) is 0 Å². The van der Waals surface area contributed by atoms with Crippen molar-refractivity contribution in [1.82, 2.24) is 0 Å². The lowest BCUT2D eigenvalue weighted by molar-refractivity contribution is -0.131. The Morgan fingerprint density at radius 2 is 1.50 bits per heavy atom. The van der Waals surface area contributed by atoms with Crippen molar-refractivity contribution in [3.05, 3.63) is 9.81 Å². The summed E-state index contributed by atoms with van der Waals surface area (Å²) in [5, 5.41) is 8.50. The standard InChI is InChI=1S/C6H10O8S2/c1-2-3-4(15(9,10)11)5(6(7)8)16(12,13)14/h2-3H2,1H3,(H,7,8)(H,9,10,11)(H,12,13,14)/b5-4+. The second kappa shape index (κ2) is 4.91. The fourth-order valence-corrected chi connectivity index (χ4v) is 2.99. The normalized spacial score (nSPS) is 14.4. The van der Waals surface area contributed by atoms with Crippen molar-refractivity contribution in [1.29, 1.82) is 0 Å². The predicted molar refractivity (Wildman–Crippen MR) is 52.7 cm³/mol. The molecule has 0 spiro atoms. The van der Waals surface area contributed by atoms with Crippen LogP contribution in [0.1, 0.15) is 19.8 Å². The lowest BCUT2D eigenvalue weighted by atomic mass is 10.3. The Morgan fingerprint density at radius 1 is 1.06 bits per heavy atom. The molecule has 0 rings (SSSR count). The lowest BCUT2D eigenvalue weighted by Gasteiger charge is -2.06. The van der Waals surface area contributed by atoms with Gasteiger partial charge in [0.05, 0.1) is 4.91 Å². The van der Waals surface area contributed by atoms with Gasteiger partial charge in [0.25, 0.3) is 10.1 Å². The van der Waals surface area contributed by atoms with Gasteiger partial charge in [-0.05, 0) is 6.42 Å². The number of allylic oxidation sites excluding steroid dienone is 1. The number of carboxylic acid groups (broad SMARTS) is 1. The molecule has 0 radical (unpaired) electrons. The molecule has 0 aromatic rings. The van der Waals surface area contributed by atoms with Crippen LogP contribution >= 0.6 is 0 Å². The summed E-state index contributed by atoms with van der Waals surface area (Å²) in [6.45, 7) is 1.44. The zero-order chi connectivity index (χ0) is 13.1. The van der Waals surface area contributed by atoms with Crippen LogP contribution < -0.4 is 0 Å². The molecule has 3 N–H and O–H groups in total. The molecule has 0 aliphatic rings. The zero-order valence-electron chi connectivity index (χ0n) is 8.11. The summed E-state index contributed by atoms with van der Waals surface area (Å²) < 4.78 is 60.1. The van der Waals surface area contributed by atoms with E-state index in [1.165, 1.54) is 6.92 Å². The Balaban J connectivity index is 6.20. The molecule has 94 valence electrons. The van der Waals surface area contributed by atoms with Crippen molar-refractivity contribution in [2.24, 2.45) is 0 Å². The molecule has 0 atom stereocenters. The number of carbonyl (C=O) groups is 1. The summed E-state index contributed by atoms with van der Waals surface area (Å²) in [7, 11) is -10.2. The van der Waals surface area contributed by atoms with Crippen molar-refractivity contribution in [3.8, 4) is 0 Å². The van der Waals surface area contributed by atoms with E-state index < -0.39 is 42.4 Å². The SMILES string of the molecule is CCC/C(=C(/C(=O)O)S(=O)(=O)O)S(=O)(=O)O. The summed E-state index contributed by atoms with van der Waals surface area (Å²) in [4.78, 5) is 7.58. The summed E-state index contributed by atoms with van der Waals surface area (Å²) in [5.74, 6) is -2.15. The molecule has 0 fully saturated rings. The van der Waals surface area contributed by atoms with Gasteiger partial charge in [-0.1, -0.05) is 13.3 Å². The van der Waals surface area contributed by atoms with Crippen LogP contribution in [0.25, 0.3) is 0 Å². The highest BCUT2D eigenvalue weighted by molar-refractivity contribution is 7.94. The second-order valence-corrected chi connectivity index (χ2v) is 5.56. The van der Waals surface area contributed by atoms with Crippen molar-refractivity contribution in [3.63, 3.8) is 0 Å². The average Bonchev–Trinajstić information content (AvgIpc) is 1.98. The molecule has 0 saturated heterocycles. The predicted octanol–water partition coefficient (Wildman–Crippen LogP) is -0.142. The van der Waals surface area contributed by atoms with Crippen LogP contribution in [0, 0.1) is 0 Å². The van der Waals surface area contributed by atoms with Gasteiger partial charge in [0.15, 0.2) is 4.91 Å². The summed E-state index contributed by atoms with van der Waals surface area (Å²) in [6, 6.07) is 0. The van der Waals surface area contributed by atoms with Crippen LogP contribution in [0.15, 0.2) is 9.81 Å². The van der Waals surface area contributed by atoms with E-state index in [1.807, 2.05) is 0 Å². The zero-order valence-corrected chi connectivity index (χ0v) is 9.75. The number of hydrogen-bond donors (Lipinski definition) is 3. The van der Waals surface area contributed by atoms with Crippen LogP contribution in [0.5, 0.6) is 0 Å². The molecule has 0 heterocycles. The van der Waals surface area contributed by atoms with Crippen molar-refractivity contribution < 1.29 is 35.8 Å². The Kier molecular flexibility index (Phi) is 4.61. The number of hydrogen-bond acceptors (Lipinski definition) is 5. The minimum Gasteiger partial charge on any atom is -0.477 e. The Bertz CT molecular complexity index is 509. The molecule has 0 saturated carbocycles. The highest BCUT2D eigenvalue weighted by Gasteiger charge is 2.32. The van der Waals surface area contributed by atoms with Gasteiger partial charge >= 0.3 is 16.1 Å². The van der Waals surface area contributed by atoms with E-state index in [4.69, 9.17) is 14.2 Å². The fraction of sp³-hybridized carbons (Fsp3) is 0.500. The molecule has 0 aliphatic carbocycles. The van der Waals surface area contributed by atoms with E-state index in [0.717, 1.165) is 0 Å². The quantitative estimate of drug-likeness (QED) is 0.463. The Labute approximate surface area is 92.1 Å². The van der Waals surface area contributed by atoms with Crippen molar-refractivity contribution >= 4 is 26.2 Å². The molecule has 0 unspecified atom stereocenters. The first-order valence-corrected chi connectivity index (χ1v) is 6.81. The van der Waals surface area contributed by atoms with Gasteiger partial charge in [0.1, 0.15) is 0 Å². The molecule has 10 heteroatoms. The van der Waals surface area contributed by atoms with Crippen molar-refractivity contribution in [2.45, 2.75) is 19.8 Å². The summed E-state index contributed by atoms with van der Waals surface area (Å²) >= 11 is 0. The highest BCUT2D eigenvalue weighted by Crippen LogP contribution is 2.21. The summed E-state index contributed by atoms with van der Waals surface area (Å²) in [6.07, 6.45) is -0.443. The van der Waals surface area contributed by atoms with Gasteiger partial charge in [-0.3, -0.25) is 9.11 Å². The van der Waals surface area contributed by atoms with Gasteiger partial charge < -0.3 is 5.11 Å². The molecule has 0 aliphatic heterocycles. The van der Waals surface area contributed by atoms with E-state index in [-0.39, 0.29) is 6.42 Å². The first kappa shape index (κ1) is 15.0. The topological polar surface area (TPSA) is 146 Å². The van der Waals surface area contributed by atoms with E-state index >= 15 is 0 Å². The third-order valence-electron chi connectivity index (χ3n) is 1.49. The fourth-order valence-electron chi connectivity index (χ4n) is 0.960. The molecular weight excluding hydrogens is 264 g/mol. The van der Waals surface area contributed by atoms with Crippen LogP contribution in [0.4, 0.5) is 0 Å². The van der Waals surface area contributed by atoms with Gasteiger partial charge in [-0.2, -0.15) is 16.8 Å². The Hall–Kier alpha value is -0.970. The van der Waals surface area contributed by atoms with E-state index in [9.17, 15) is 21.6 Å². The monoisotopic (exact) mass is 274 g/mol. The Morgan fingerprint density at radius 3 is 1.69 bits per heavy atom. The minimum absolute atomic E-state index is 0.0709. The van der Waals surface area contributed by atoms with Crippen molar-refractivity contribution in [2.75, 3.05) is 0 Å². The molecule has 16 heavy (non-hydrogen) atoms. The first-order valence-electron chi connectivity index (χ1n) is 3.93. The molecule has 8 nitrogen and oxygen atoms in total. The first-order chi connectivity index (χ1) is 7.01. The van der Waals surface area contributed by atoms with Gasteiger partial charge in [-0.25, -0.2) is 4.79 Å². The lowest BCUT2D eigenvalue weighted by Crippen LogP contribution is -2.18. The third kappa shape index (κ3) is 3.89. The second-order valence-electron chi connectivity index (χ2n) is 2.76. The molecular formula is C6H10O8S2. The van der Waals surface area contributed by atoms with Gasteiger partial charge in [-0.15, -0.1) is 0 Å². The van der Waals surface area contributed by atoms with E-state index in [2.05, 4.69) is 0 Å². The smallest absolute Gasteiger partial charge is 0.350 e. The van der Waals surface area contributed by atoms with E-state index in [0.29, 0.717) is 0 Å². The maximum absolute atomic E-state index is 10.8. The maximum Gasteiger partial charge on any atom is 0.350 e. The van der Waals surface area contributed by atoms with Crippen LogP contribution in [-0.2, 0) is 25.0 Å². The number of carboxylic acids is 1. The molecule has 0 bridgehead atoms. The minimum atomic E-state index is -5.23. The number of rotatable bonds is 5.